The van der Waals surface area contributed by atoms with E-state index in [1.54, 1.807) is 68.1 Å². The molecule has 2 aliphatic heterocycles. The van der Waals surface area contributed by atoms with Gasteiger partial charge >= 0.3 is 12.1 Å². The van der Waals surface area contributed by atoms with E-state index in [2.05, 4.69) is 5.32 Å². The van der Waals surface area contributed by atoms with E-state index in [-0.39, 0.29) is 30.1 Å². The number of esters is 1. The number of carbonyl (C=O) groups is 3. The van der Waals surface area contributed by atoms with E-state index in [1.807, 2.05) is 4.90 Å². The molecule has 2 fully saturated rings. The fourth-order valence-corrected chi connectivity index (χ4v) is 4.40. The number of hydrogen-bond acceptors (Lipinski definition) is 7. The largest absolute Gasteiger partial charge is 0.442 e. The quantitative estimate of drug-likeness (QED) is 0.219. The number of carbonyl (C=O) groups excluding carboxylic acids is 3. The Hall–Kier alpha value is -4.19. The summed E-state index contributed by atoms with van der Waals surface area (Å²) in [5.41, 5.74) is 6.42. The van der Waals surface area contributed by atoms with E-state index >= 15 is 4.39 Å². The number of ether oxygens (including phenoxy) is 2. The first kappa shape index (κ1) is 29.8. The molecule has 12 heteroatoms. The van der Waals surface area contributed by atoms with Gasteiger partial charge in [0, 0.05) is 32.3 Å². The van der Waals surface area contributed by atoms with Crippen LogP contribution < -0.4 is 25.6 Å². The molecule has 0 radical (unpaired) electrons. The molecule has 4 rings (SSSR count). The third-order valence-electron chi connectivity index (χ3n) is 6.67. The van der Waals surface area contributed by atoms with E-state index < -0.39 is 23.4 Å². The third kappa shape index (κ3) is 7.72. The molecule has 2 aromatic rings. The first-order valence-electron chi connectivity index (χ1n) is 13.3. The lowest BCUT2D eigenvalue weighted by Crippen LogP contribution is -2.48. The highest BCUT2D eigenvalue weighted by molar-refractivity contribution is 7.80. The van der Waals surface area contributed by atoms with Crippen molar-refractivity contribution in [3.63, 3.8) is 0 Å². The van der Waals surface area contributed by atoms with Crippen molar-refractivity contribution in [3.05, 3.63) is 59.9 Å². The summed E-state index contributed by atoms with van der Waals surface area (Å²) in [5, 5.41) is 2.87. The molecule has 0 spiro atoms. The van der Waals surface area contributed by atoms with Gasteiger partial charge in [-0.15, -0.1) is 0 Å². The summed E-state index contributed by atoms with van der Waals surface area (Å²) in [4.78, 5) is 42.0. The average molecular weight is 584 g/mol. The molecule has 3 N–H and O–H groups in total. The predicted molar refractivity (Wildman–Crippen MR) is 158 cm³/mol. The van der Waals surface area contributed by atoms with Crippen LogP contribution in [0, 0.1) is 11.2 Å². The van der Waals surface area contributed by atoms with E-state index in [0.717, 1.165) is 5.56 Å². The Bertz CT molecular complexity index is 1340. The van der Waals surface area contributed by atoms with Crippen LogP contribution in [0.15, 0.2) is 48.5 Å². The Morgan fingerprint density at radius 3 is 2.44 bits per heavy atom. The van der Waals surface area contributed by atoms with Crippen LogP contribution in [0.5, 0.6) is 5.75 Å². The average Bonchev–Trinajstić information content (AvgIpc) is 3.31. The van der Waals surface area contributed by atoms with Gasteiger partial charge in [-0.2, -0.15) is 0 Å². The molecule has 0 unspecified atom stereocenters. The summed E-state index contributed by atoms with van der Waals surface area (Å²) < 4.78 is 25.8. The summed E-state index contributed by atoms with van der Waals surface area (Å²) >= 11 is 4.77. The molecule has 0 saturated carbocycles. The van der Waals surface area contributed by atoms with Gasteiger partial charge in [0.05, 0.1) is 29.9 Å². The number of thiocarbonyl (C=S) groups is 1. The van der Waals surface area contributed by atoms with Crippen molar-refractivity contribution in [2.75, 3.05) is 49.1 Å². The zero-order valence-electron chi connectivity index (χ0n) is 23.3. The molecule has 1 atom stereocenters. The SMILES string of the molecule is CC(C)(C)C(=O)Oc1ccc(/C=C/C(=O)N2CCN(c3ccc(N4C[C@H](CNC(N)=S)OC4=O)cc3F)CC2)cc1. The standard InChI is InChI=1S/C29H34FN5O5S/c1-29(2,3)26(37)39-21-8-4-19(5-9-21)6-11-25(36)34-14-12-33(13-15-34)24-10-7-20(16-23(24)30)35-18-22(40-28(35)38)17-32-27(31)41/h4-11,16,22H,12-15,17-18H2,1-3H3,(H3,31,32,41)/b11-6+/t22-/m0/s1. The van der Waals surface area contributed by atoms with Crippen LogP contribution in [0.25, 0.3) is 6.08 Å². The Morgan fingerprint density at radius 2 is 1.83 bits per heavy atom. The topological polar surface area (TPSA) is 117 Å². The number of anilines is 2. The van der Waals surface area contributed by atoms with Crippen LogP contribution in [-0.4, -0.2) is 73.4 Å². The summed E-state index contributed by atoms with van der Waals surface area (Å²) in [6, 6.07) is 11.5. The highest BCUT2D eigenvalue weighted by Gasteiger charge is 2.33. The summed E-state index contributed by atoms with van der Waals surface area (Å²) in [6.45, 7) is 7.67. The molecule has 0 bridgehead atoms. The number of benzene rings is 2. The predicted octanol–water partition coefficient (Wildman–Crippen LogP) is 3.30. The summed E-state index contributed by atoms with van der Waals surface area (Å²) in [7, 11) is 0. The maximum absolute atomic E-state index is 15.1. The number of cyclic esters (lactones) is 1. The lowest BCUT2D eigenvalue weighted by atomic mass is 9.97. The molecule has 2 aliphatic rings. The Morgan fingerprint density at radius 1 is 1.15 bits per heavy atom. The fraction of sp³-hybridized carbons (Fsp3) is 0.379. The number of nitrogens with zero attached hydrogens (tertiary/aromatic N) is 3. The van der Waals surface area contributed by atoms with E-state index in [0.29, 0.717) is 43.3 Å². The normalized spacial score (nSPS) is 17.5. The minimum atomic E-state index is -0.601. The fourth-order valence-electron chi connectivity index (χ4n) is 4.32. The molecule has 0 aromatic heterocycles. The first-order chi connectivity index (χ1) is 19.4. The molecule has 10 nitrogen and oxygen atoms in total. The monoisotopic (exact) mass is 583 g/mol. The van der Waals surface area contributed by atoms with Crippen LogP contribution >= 0.6 is 12.2 Å². The maximum atomic E-state index is 15.1. The smallest absolute Gasteiger partial charge is 0.414 e. The van der Waals surface area contributed by atoms with Crippen molar-refractivity contribution in [1.82, 2.24) is 10.2 Å². The van der Waals surface area contributed by atoms with Crippen molar-refractivity contribution in [1.29, 1.82) is 0 Å². The second-order valence-corrected chi connectivity index (χ2v) is 11.3. The molecule has 0 aliphatic carbocycles. The van der Waals surface area contributed by atoms with Gasteiger partial charge < -0.3 is 30.3 Å². The number of nitrogens with one attached hydrogen (secondary N) is 1. The molecule has 2 saturated heterocycles. The van der Waals surface area contributed by atoms with E-state index in [4.69, 9.17) is 27.4 Å². The minimum absolute atomic E-state index is 0.111. The van der Waals surface area contributed by atoms with Gasteiger partial charge in [-0.3, -0.25) is 14.5 Å². The van der Waals surface area contributed by atoms with Crippen molar-refractivity contribution in [2.45, 2.75) is 26.9 Å². The van der Waals surface area contributed by atoms with Gasteiger partial charge in [0.25, 0.3) is 0 Å². The summed E-state index contributed by atoms with van der Waals surface area (Å²) in [6.07, 6.45) is 2.19. The number of nitrogens with two attached hydrogens (primary N) is 1. The van der Waals surface area contributed by atoms with Gasteiger partial charge in [-0.1, -0.05) is 12.1 Å². The van der Waals surface area contributed by atoms with Gasteiger partial charge in [-0.25, -0.2) is 9.18 Å². The highest BCUT2D eigenvalue weighted by atomic mass is 32.1. The van der Waals surface area contributed by atoms with Crippen molar-refractivity contribution >= 4 is 52.8 Å². The molecular weight excluding hydrogens is 549 g/mol. The summed E-state index contributed by atoms with van der Waals surface area (Å²) in [5.74, 6) is -0.482. The second-order valence-electron chi connectivity index (χ2n) is 10.9. The van der Waals surface area contributed by atoms with Gasteiger partial charge in [-0.05, 0) is 75.0 Å². The van der Waals surface area contributed by atoms with Crippen LogP contribution in [0.2, 0.25) is 0 Å². The molecule has 41 heavy (non-hydrogen) atoms. The van der Waals surface area contributed by atoms with Crippen LogP contribution in [0.4, 0.5) is 20.6 Å². The Labute approximate surface area is 243 Å². The third-order valence-corrected chi connectivity index (χ3v) is 6.82. The van der Waals surface area contributed by atoms with Crippen LogP contribution in [-0.2, 0) is 14.3 Å². The van der Waals surface area contributed by atoms with Crippen molar-refractivity contribution in [2.24, 2.45) is 11.1 Å². The lowest BCUT2D eigenvalue weighted by Gasteiger charge is -2.36. The first-order valence-corrected chi connectivity index (χ1v) is 13.7. The maximum Gasteiger partial charge on any atom is 0.414 e. The van der Waals surface area contributed by atoms with E-state index in [1.165, 1.54) is 17.0 Å². The van der Waals surface area contributed by atoms with Gasteiger partial charge in [0.1, 0.15) is 17.7 Å². The highest BCUT2D eigenvalue weighted by Crippen LogP contribution is 2.28. The zero-order valence-corrected chi connectivity index (χ0v) is 24.1. The molecule has 2 heterocycles. The van der Waals surface area contributed by atoms with Crippen molar-refractivity contribution in [3.8, 4) is 5.75 Å². The number of hydrogen-bond donors (Lipinski definition) is 2. The Kier molecular flexibility index (Phi) is 9.11. The van der Waals surface area contributed by atoms with Crippen molar-refractivity contribution < 1.29 is 28.2 Å². The zero-order chi connectivity index (χ0) is 29.7. The molecule has 2 aromatic carbocycles. The van der Waals surface area contributed by atoms with E-state index in [9.17, 15) is 14.4 Å². The minimum Gasteiger partial charge on any atom is -0.442 e. The Balaban J connectivity index is 1.28. The van der Waals surface area contributed by atoms with Gasteiger partial charge in [0.2, 0.25) is 5.91 Å². The molecule has 2 amide bonds. The van der Waals surface area contributed by atoms with Crippen LogP contribution in [0.3, 0.4) is 0 Å². The van der Waals surface area contributed by atoms with Gasteiger partial charge in [0.15, 0.2) is 5.11 Å². The molecule has 218 valence electrons. The molecular formula is C29H34FN5O5S. The number of halogens is 1. The lowest BCUT2D eigenvalue weighted by molar-refractivity contribution is -0.143. The van der Waals surface area contributed by atoms with Crippen LogP contribution in [0.1, 0.15) is 26.3 Å². The number of rotatable bonds is 7. The second kappa shape index (κ2) is 12.5. The number of amides is 2. The number of piperazine rings is 1.